The van der Waals surface area contributed by atoms with Gasteiger partial charge in [-0.15, -0.1) is 0 Å². The van der Waals surface area contributed by atoms with E-state index < -0.39 is 5.97 Å². The molecule has 5 nitrogen and oxygen atoms in total. The van der Waals surface area contributed by atoms with Gasteiger partial charge in [0.1, 0.15) is 11.4 Å². The maximum absolute atomic E-state index is 12.6. The molecule has 1 aliphatic rings. The molecule has 1 N–H and O–H groups in total. The van der Waals surface area contributed by atoms with Gasteiger partial charge in [-0.25, -0.2) is 4.79 Å². The van der Waals surface area contributed by atoms with Crippen LogP contribution in [0.4, 0.5) is 0 Å². The first-order valence-corrected chi connectivity index (χ1v) is 7.49. The summed E-state index contributed by atoms with van der Waals surface area (Å²) in [6.07, 6.45) is 1.80. The molecule has 0 amide bonds. The van der Waals surface area contributed by atoms with Crippen molar-refractivity contribution in [1.29, 1.82) is 0 Å². The molecule has 1 aromatic carbocycles. The number of carboxylic acids is 1. The number of benzene rings is 1. The smallest absolute Gasteiger partial charge is 0.352 e. The van der Waals surface area contributed by atoms with Crippen molar-refractivity contribution in [2.75, 3.05) is 0 Å². The van der Waals surface area contributed by atoms with Crippen molar-refractivity contribution in [2.45, 2.75) is 45.8 Å². The number of carboxylic acid groups (broad SMARTS) is 1. The van der Waals surface area contributed by atoms with Crippen LogP contribution in [0.1, 0.15) is 48.8 Å². The topological polar surface area (TPSA) is 68.5 Å². The second kappa shape index (κ2) is 5.16. The van der Waals surface area contributed by atoms with E-state index in [0.717, 1.165) is 12.8 Å². The maximum Gasteiger partial charge on any atom is 0.352 e. The minimum absolute atomic E-state index is 0.0528. The van der Waals surface area contributed by atoms with E-state index in [1.54, 1.807) is 29.7 Å². The average molecular weight is 301 g/mol. The summed E-state index contributed by atoms with van der Waals surface area (Å²) in [5, 5.41) is 10.1. The Balaban J connectivity index is 2.46. The van der Waals surface area contributed by atoms with Crippen molar-refractivity contribution in [3.05, 3.63) is 39.7 Å². The quantitative estimate of drug-likeness (QED) is 0.942. The van der Waals surface area contributed by atoms with E-state index in [9.17, 15) is 14.7 Å². The molecule has 1 aliphatic carbocycles. The normalized spacial score (nSPS) is 14.5. The fraction of sp³-hybridized carbons (Fsp3) is 0.412. The third-order valence-corrected chi connectivity index (χ3v) is 3.90. The molecule has 3 rings (SSSR count). The zero-order chi connectivity index (χ0) is 16.0. The summed E-state index contributed by atoms with van der Waals surface area (Å²) in [5.74, 6) is -0.498. The monoisotopic (exact) mass is 301 g/mol. The summed E-state index contributed by atoms with van der Waals surface area (Å²) in [4.78, 5) is 24.3. The van der Waals surface area contributed by atoms with E-state index >= 15 is 0 Å². The molecule has 22 heavy (non-hydrogen) atoms. The van der Waals surface area contributed by atoms with Crippen LogP contribution in [0.3, 0.4) is 0 Å². The highest BCUT2D eigenvalue weighted by Gasteiger charge is 2.32. The summed E-state index contributed by atoms with van der Waals surface area (Å²) < 4.78 is 7.61. The van der Waals surface area contributed by atoms with Crippen LogP contribution in [-0.2, 0) is 0 Å². The zero-order valence-corrected chi connectivity index (χ0v) is 12.9. The first-order valence-electron chi connectivity index (χ1n) is 7.49. The summed E-state index contributed by atoms with van der Waals surface area (Å²) in [5.41, 5.74) is 0.735. The second-order valence-corrected chi connectivity index (χ2v) is 6.03. The van der Waals surface area contributed by atoms with E-state index in [4.69, 9.17) is 4.74 Å². The third kappa shape index (κ3) is 2.26. The summed E-state index contributed by atoms with van der Waals surface area (Å²) in [6, 6.07) is 5.44. The Hall–Kier alpha value is -2.30. The third-order valence-electron chi connectivity index (χ3n) is 3.90. The van der Waals surface area contributed by atoms with E-state index in [-0.39, 0.29) is 28.8 Å². The number of fused-ring (bicyclic) bond motifs is 1. The van der Waals surface area contributed by atoms with Gasteiger partial charge in [0.25, 0.3) is 0 Å². The molecular formula is C17H19NO4. The van der Waals surface area contributed by atoms with Gasteiger partial charge in [0.05, 0.1) is 11.6 Å². The predicted molar refractivity (Wildman–Crippen MR) is 83.9 cm³/mol. The van der Waals surface area contributed by atoms with E-state index in [2.05, 4.69) is 0 Å². The van der Waals surface area contributed by atoms with Crippen molar-refractivity contribution in [1.82, 2.24) is 4.57 Å². The number of aromatic carboxylic acids is 1. The first-order chi connectivity index (χ1) is 10.4. The standard InChI is InChI=1S/C17H19NO4/c1-9(2)22-13-6-4-5-12-15(13)18(11-7-8-11)14(17(20)21)10(3)16(12)19/h4-6,9,11H,7-8H2,1-3H3,(H,20,21). The Morgan fingerprint density at radius 3 is 2.59 bits per heavy atom. The zero-order valence-electron chi connectivity index (χ0n) is 12.9. The lowest BCUT2D eigenvalue weighted by Crippen LogP contribution is -2.22. The fourth-order valence-electron chi connectivity index (χ4n) is 2.87. The summed E-state index contributed by atoms with van der Waals surface area (Å²) in [6.45, 7) is 5.40. The lowest BCUT2D eigenvalue weighted by Gasteiger charge is -2.20. The molecular weight excluding hydrogens is 282 g/mol. The van der Waals surface area contributed by atoms with Crippen LogP contribution < -0.4 is 10.2 Å². The number of carbonyl (C=O) groups is 1. The van der Waals surface area contributed by atoms with Crippen molar-refractivity contribution >= 4 is 16.9 Å². The SMILES string of the molecule is Cc1c(C(=O)O)n(C2CC2)c2c(OC(C)C)cccc2c1=O. The Morgan fingerprint density at radius 1 is 1.36 bits per heavy atom. The molecule has 0 aliphatic heterocycles. The minimum atomic E-state index is -1.07. The van der Waals surface area contributed by atoms with Gasteiger partial charge in [0.2, 0.25) is 0 Å². The van der Waals surface area contributed by atoms with Gasteiger partial charge in [-0.3, -0.25) is 4.79 Å². The molecule has 0 spiro atoms. The summed E-state index contributed by atoms with van der Waals surface area (Å²) >= 11 is 0. The first kappa shape index (κ1) is 14.6. The van der Waals surface area contributed by atoms with E-state index in [1.807, 2.05) is 13.8 Å². The van der Waals surface area contributed by atoms with Gasteiger partial charge in [0.15, 0.2) is 5.43 Å². The van der Waals surface area contributed by atoms with Crippen molar-refractivity contribution in [3.63, 3.8) is 0 Å². The molecule has 0 saturated heterocycles. The molecule has 1 heterocycles. The molecule has 0 radical (unpaired) electrons. The van der Waals surface area contributed by atoms with Gasteiger partial charge >= 0.3 is 5.97 Å². The van der Waals surface area contributed by atoms with Crippen LogP contribution in [0, 0.1) is 6.92 Å². The van der Waals surface area contributed by atoms with Crippen LogP contribution >= 0.6 is 0 Å². The van der Waals surface area contributed by atoms with Gasteiger partial charge in [-0.05, 0) is 45.7 Å². The largest absolute Gasteiger partial charge is 0.489 e. The number of hydrogen-bond donors (Lipinski definition) is 1. The highest BCUT2D eigenvalue weighted by molar-refractivity contribution is 5.94. The fourth-order valence-corrected chi connectivity index (χ4v) is 2.87. The highest BCUT2D eigenvalue weighted by Crippen LogP contribution is 2.41. The van der Waals surface area contributed by atoms with Crippen LogP contribution in [-0.4, -0.2) is 21.7 Å². The Morgan fingerprint density at radius 2 is 2.05 bits per heavy atom. The second-order valence-electron chi connectivity index (χ2n) is 6.03. The van der Waals surface area contributed by atoms with Gasteiger partial charge in [-0.2, -0.15) is 0 Å². The number of hydrogen-bond acceptors (Lipinski definition) is 3. The predicted octanol–water partition coefficient (Wildman–Crippen LogP) is 3.13. The number of para-hydroxylation sites is 1. The molecule has 0 atom stereocenters. The molecule has 5 heteroatoms. The Bertz CT molecular complexity index is 815. The van der Waals surface area contributed by atoms with E-state index in [0.29, 0.717) is 16.7 Å². The molecule has 2 aromatic rings. The molecule has 116 valence electrons. The van der Waals surface area contributed by atoms with Gasteiger partial charge < -0.3 is 14.4 Å². The van der Waals surface area contributed by atoms with Crippen LogP contribution in [0.5, 0.6) is 5.75 Å². The maximum atomic E-state index is 12.6. The van der Waals surface area contributed by atoms with Crippen LogP contribution in [0.25, 0.3) is 10.9 Å². The van der Waals surface area contributed by atoms with Gasteiger partial charge in [0, 0.05) is 17.0 Å². The number of ether oxygens (including phenoxy) is 1. The van der Waals surface area contributed by atoms with Crippen molar-refractivity contribution in [2.24, 2.45) is 0 Å². The Kier molecular flexibility index (Phi) is 3.43. The molecule has 1 saturated carbocycles. The minimum Gasteiger partial charge on any atom is -0.489 e. The van der Waals surface area contributed by atoms with Crippen LogP contribution in [0.2, 0.25) is 0 Å². The number of pyridine rings is 1. The number of aromatic nitrogens is 1. The van der Waals surface area contributed by atoms with Crippen molar-refractivity contribution in [3.8, 4) is 5.75 Å². The lowest BCUT2D eigenvalue weighted by atomic mass is 10.1. The molecule has 0 unspecified atom stereocenters. The lowest BCUT2D eigenvalue weighted by molar-refractivity contribution is 0.0683. The Labute approximate surface area is 128 Å². The highest BCUT2D eigenvalue weighted by atomic mass is 16.5. The average Bonchev–Trinajstić information content (AvgIpc) is 3.26. The molecule has 0 bridgehead atoms. The summed E-state index contributed by atoms with van der Waals surface area (Å²) in [7, 11) is 0. The molecule has 1 aromatic heterocycles. The number of nitrogens with zero attached hydrogens (tertiary/aromatic N) is 1. The van der Waals surface area contributed by atoms with Crippen LogP contribution in [0.15, 0.2) is 23.0 Å². The molecule has 1 fully saturated rings. The van der Waals surface area contributed by atoms with Gasteiger partial charge in [-0.1, -0.05) is 6.07 Å². The van der Waals surface area contributed by atoms with Crippen molar-refractivity contribution < 1.29 is 14.6 Å². The number of rotatable bonds is 4. The van der Waals surface area contributed by atoms with E-state index in [1.165, 1.54) is 0 Å².